The molecule has 3 N–H and O–H groups in total. The molecule has 0 radical (unpaired) electrons. The number of aromatic nitrogens is 2. The number of aryl methyl sites for hydroxylation is 1. The van der Waals surface area contributed by atoms with Gasteiger partial charge >= 0.3 is 0 Å². The number of aliphatic hydroxyl groups excluding tert-OH is 1. The Morgan fingerprint density at radius 3 is 2.64 bits per heavy atom. The SMILES string of the molecule is CC.CC(C)CC(NC(=O)CCc1cnc[nH]1)C(O)CC=O. The van der Waals surface area contributed by atoms with E-state index in [-0.39, 0.29) is 18.4 Å². The highest BCUT2D eigenvalue weighted by Crippen LogP contribution is 2.11. The van der Waals surface area contributed by atoms with Crippen LogP contribution >= 0.6 is 0 Å². The molecule has 1 aromatic rings. The number of hydrogen-bond acceptors (Lipinski definition) is 4. The quantitative estimate of drug-likeness (QED) is 0.607. The van der Waals surface area contributed by atoms with Crippen LogP contribution < -0.4 is 5.32 Å². The largest absolute Gasteiger partial charge is 0.391 e. The van der Waals surface area contributed by atoms with Gasteiger partial charge in [0.15, 0.2) is 0 Å². The zero-order chi connectivity index (χ0) is 17.0. The third-order valence-corrected chi connectivity index (χ3v) is 3.05. The molecule has 22 heavy (non-hydrogen) atoms. The minimum atomic E-state index is -0.828. The Labute approximate surface area is 132 Å². The molecule has 2 unspecified atom stereocenters. The van der Waals surface area contributed by atoms with Crippen LogP contribution in [0, 0.1) is 5.92 Å². The lowest BCUT2D eigenvalue weighted by molar-refractivity contribution is -0.123. The Kier molecular flexibility index (Phi) is 11.0. The molecule has 0 fully saturated rings. The molecule has 6 nitrogen and oxygen atoms in total. The van der Waals surface area contributed by atoms with Crippen LogP contribution in [0.15, 0.2) is 12.5 Å². The number of imidazole rings is 1. The van der Waals surface area contributed by atoms with Crippen molar-refractivity contribution in [3.63, 3.8) is 0 Å². The number of nitrogens with zero attached hydrogens (tertiary/aromatic N) is 1. The topological polar surface area (TPSA) is 95.1 Å². The maximum absolute atomic E-state index is 11.9. The van der Waals surface area contributed by atoms with Gasteiger partial charge in [0, 0.05) is 24.7 Å². The summed E-state index contributed by atoms with van der Waals surface area (Å²) in [7, 11) is 0. The Morgan fingerprint density at radius 2 is 2.14 bits per heavy atom. The predicted molar refractivity (Wildman–Crippen MR) is 86.3 cm³/mol. The third kappa shape index (κ3) is 8.56. The van der Waals surface area contributed by atoms with Crippen LogP contribution in [0.1, 0.15) is 52.7 Å². The second-order valence-corrected chi connectivity index (χ2v) is 5.35. The smallest absolute Gasteiger partial charge is 0.220 e. The average molecular weight is 311 g/mol. The monoisotopic (exact) mass is 311 g/mol. The van der Waals surface area contributed by atoms with Gasteiger partial charge in [-0.25, -0.2) is 4.98 Å². The molecule has 1 heterocycles. The van der Waals surface area contributed by atoms with E-state index in [2.05, 4.69) is 15.3 Å². The van der Waals surface area contributed by atoms with Gasteiger partial charge in [0.25, 0.3) is 0 Å². The van der Waals surface area contributed by atoms with Gasteiger partial charge in [-0.3, -0.25) is 4.79 Å². The molecule has 1 amide bonds. The molecule has 2 atom stereocenters. The van der Waals surface area contributed by atoms with Crippen molar-refractivity contribution in [3.05, 3.63) is 18.2 Å². The molecule has 0 aliphatic rings. The van der Waals surface area contributed by atoms with Crippen LogP contribution in [0.25, 0.3) is 0 Å². The van der Waals surface area contributed by atoms with Crippen molar-refractivity contribution >= 4 is 12.2 Å². The molecule has 0 aromatic carbocycles. The molecule has 0 aliphatic carbocycles. The van der Waals surface area contributed by atoms with Gasteiger partial charge in [0.05, 0.1) is 18.5 Å². The van der Waals surface area contributed by atoms with Gasteiger partial charge in [0.2, 0.25) is 5.91 Å². The van der Waals surface area contributed by atoms with Crippen molar-refractivity contribution in [1.29, 1.82) is 0 Å². The molecule has 0 bridgehead atoms. The predicted octanol–water partition coefficient (Wildman–Crippen LogP) is 1.85. The number of hydrogen-bond donors (Lipinski definition) is 3. The van der Waals surface area contributed by atoms with Crippen molar-refractivity contribution in [2.75, 3.05) is 0 Å². The normalized spacial score (nSPS) is 13.0. The van der Waals surface area contributed by atoms with E-state index in [4.69, 9.17) is 0 Å². The summed E-state index contributed by atoms with van der Waals surface area (Å²) in [5.41, 5.74) is 0.897. The second kappa shape index (κ2) is 11.9. The van der Waals surface area contributed by atoms with E-state index < -0.39 is 6.10 Å². The van der Waals surface area contributed by atoms with Crippen LogP contribution in [0.2, 0.25) is 0 Å². The zero-order valence-corrected chi connectivity index (χ0v) is 14.0. The molecule has 1 rings (SSSR count). The first-order chi connectivity index (χ1) is 10.5. The van der Waals surface area contributed by atoms with Crippen LogP contribution in [0.4, 0.5) is 0 Å². The molecule has 0 saturated heterocycles. The number of aliphatic hydroxyl groups is 1. The number of H-pyrrole nitrogens is 1. The molecule has 0 saturated carbocycles. The first-order valence-corrected chi connectivity index (χ1v) is 7.91. The van der Waals surface area contributed by atoms with E-state index in [1.54, 1.807) is 12.5 Å². The number of amides is 1. The molecular weight excluding hydrogens is 282 g/mol. The highest BCUT2D eigenvalue weighted by molar-refractivity contribution is 5.76. The van der Waals surface area contributed by atoms with E-state index in [0.717, 1.165) is 5.69 Å². The van der Waals surface area contributed by atoms with Crippen LogP contribution in [0.5, 0.6) is 0 Å². The van der Waals surface area contributed by atoms with Crippen LogP contribution in [-0.4, -0.2) is 39.4 Å². The molecule has 0 aliphatic heterocycles. The minimum absolute atomic E-state index is 0.0399. The molecule has 6 heteroatoms. The maximum Gasteiger partial charge on any atom is 0.220 e. The van der Waals surface area contributed by atoms with Crippen LogP contribution in [-0.2, 0) is 16.0 Å². The van der Waals surface area contributed by atoms with Crippen molar-refractivity contribution in [2.45, 2.75) is 65.5 Å². The minimum Gasteiger partial charge on any atom is -0.391 e. The van der Waals surface area contributed by atoms with E-state index in [9.17, 15) is 14.7 Å². The van der Waals surface area contributed by atoms with Gasteiger partial charge < -0.3 is 20.2 Å². The van der Waals surface area contributed by atoms with E-state index in [1.807, 2.05) is 27.7 Å². The van der Waals surface area contributed by atoms with E-state index >= 15 is 0 Å². The summed E-state index contributed by atoms with van der Waals surface area (Å²) in [4.78, 5) is 29.2. The van der Waals surface area contributed by atoms with Gasteiger partial charge in [-0.15, -0.1) is 0 Å². The number of aldehydes is 1. The third-order valence-electron chi connectivity index (χ3n) is 3.05. The molecular formula is C16H29N3O3. The van der Waals surface area contributed by atoms with E-state index in [1.165, 1.54) is 0 Å². The summed E-state index contributed by atoms with van der Waals surface area (Å²) in [5.74, 6) is 0.199. The second-order valence-electron chi connectivity index (χ2n) is 5.35. The Bertz CT molecular complexity index is 405. The number of carbonyl (C=O) groups is 2. The van der Waals surface area contributed by atoms with Crippen LogP contribution in [0.3, 0.4) is 0 Å². The fourth-order valence-electron chi connectivity index (χ4n) is 2.03. The summed E-state index contributed by atoms with van der Waals surface area (Å²) in [6.45, 7) is 8.02. The first-order valence-electron chi connectivity index (χ1n) is 7.91. The highest BCUT2D eigenvalue weighted by Gasteiger charge is 2.21. The number of aromatic amines is 1. The zero-order valence-electron chi connectivity index (χ0n) is 14.0. The summed E-state index contributed by atoms with van der Waals surface area (Å²) >= 11 is 0. The highest BCUT2D eigenvalue weighted by atomic mass is 16.3. The van der Waals surface area contributed by atoms with Crippen molar-refractivity contribution < 1.29 is 14.7 Å². The van der Waals surface area contributed by atoms with E-state index in [0.29, 0.717) is 31.5 Å². The summed E-state index contributed by atoms with van der Waals surface area (Å²) < 4.78 is 0. The fourth-order valence-corrected chi connectivity index (χ4v) is 2.03. The molecule has 0 spiro atoms. The number of carbonyl (C=O) groups excluding carboxylic acids is 2. The lowest BCUT2D eigenvalue weighted by atomic mass is 9.97. The van der Waals surface area contributed by atoms with Gasteiger partial charge in [-0.1, -0.05) is 27.7 Å². The Hall–Kier alpha value is -1.69. The molecule has 1 aromatic heterocycles. The molecule has 126 valence electrons. The van der Waals surface area contributed by atoms with Gasteiger partial charge in [-0.05, 0) is 18.8 Å². The lowest BCUT2D eigenvalue weighted by Crippen LogP contribution is -2.44. The maximum atomic E-state index is 11.9. The Morgan fingerprint density at radius 1 is 1.45 bits per heavy atom. The fraction of sp³-hybridized carbons (Fsp3) is 0.688. The standard InChI is InChI=1S/C14H23N3O3.C2H6/c1-10(2)7-12(13(19)5-6-18)17-14(20)4-3-11-8-15-9-16-11;1-2/h6,8-10,12-13,19H,3-5,7H2,1-2H3,(H,15,16)(H,17,20);1-2H3. The summed E-state index contributed by atoms with van der Waals surface area (Å²) in [6, 6.07) is -0.380. The van der Waals surface area contributed by atoms with Crippen molar-refractivity contribution in [2.24, 2.45) is 5.92 Å². The summed E-state index contributed by atoms with van der Waals surface area (Å²) in [5, 5.41) is 12.7. The first kappa shape index (κ1) is 20.3. The van der Waals surface area contributed by atoms with Crippen molar-refractivity contribution in [1.82, 2.24) is 15.3 Å². The average Bonchev–Trinajstić information content (AvgIpc) is 2.99. The number of nitrogens with one attached hydrogen (secondary N) is 2. The number of rotatable bonds is 9. The summed E-state index contributed by atoms with van der Waals surface area (Å²) in [6.07, 6.45) is 4.68. The van der Waals surface area contributed by atoms with Gasteiger partial charge in [0.1, 0.15) is 6.29 Å². The van der Waals surface area contributed by atoms with Crippen molar-refractivity contribution in [3.8, 4) is 0 Å². The lowest BCUT2D eigenvalue weighted by Gasteiger charge is -2.24. The Balaban J connectivity index is 0.00000211. The van der Waals surface area contributed by atoms with Gasteiger partial charge in [-0.2, -0.15) is 0 Å².